The summed E-state index contributed by atoms with van der Waals surface area (Å²) in [4.78, 5) is 18.7. The average molecular weight is 384 g/mol. The molecule has 1 unspecified atom stereocenters. The first kappa shape index (κ1) is 17.5. The lowest BCUT2D eigenvalue weighted by Crippen LogP contribution is -2.24. The molecule has 4 rings (SSSR count). The molecule has 0 N–H and O–H groups in total. The number of carbonyl (C=O) groups excluding carboxylic acids is 1. The first-order valence-corrected chi connectivity index (χ1v) is 9.15. The molecule has 1 saturated heterocycles. The fourth-order valence-electron chi connectivity index (χ4n) is 3.19. The van der Waals surface area contributed by atoms with Crippen LogP contribution < -0.4 is 9.64 Å². The van der Waals surface area contributed by atoms with Gasteiger partial charge in [0.25, 0.3) is 0 Å². The van der Waals surface area contributed by atoms with Crippen LogP contribution in [-0.4, -0.2) is 29.2 Å². The van der Waals surface area contributed by atoms with E-state index in [2.05, 4.69) is 10.1 Å². The SMILES string of the molecule is CCOc1ccccc1-c1noc(C2CC(=O)N(c3ccc(Cl)cc3)C2)n1. The van der Waals surface area contributed by atoms with Crippen LogP contribution in [0, 0.1) is 0 Å². The molecule has 3 aromatic rings. The van der Waals surface area contributed by atoms with Gasteiger partial charge in [0.05, 0.1) is 18.1 Å². The van der Waals surface area contributed by atoms with E-state index >= 15 is 0 Å². The number of hydrogen-bond acceptors (Lipinski definition) is 5. The molecule has 0 spiro atoms. The van der Waals surface area contributed by atoms with Crippen LogP contribution in [0.5, 0.6) is 5.75 Å². The Balaban J connectivity index is 1.56. The third kappa shape index (κ3) is 3.53. The van der Waals surface area contributed by atoms with Gasteiger partial charge in [0, 0.05) is 23.7 Å². The summed E-state index contributed by atoms with van der Waals surface area (Å²) in [5.74, 6) is 1.51. The van der Waals surface area contributed by atoms with Crippen molar-refractivity contribution in [3.8, 4) is 17.1 Å². The molecule has 1 amide bonds. The van der Waals surface area contributed by atoms with E-state index in [0.29, 0.717) is 42.1 Å². The largest absolute Gasteiger partial charge is 0.493 e. The van der Waals surface area contributed by atoms with Crippen molar-refractivity contribution in [2.45, 2.75) is 19.3 Å². The minimum Gasteiger partial charge on any atom is -0.493 e. The van der Waals surface area contributed by atoms with Gasteiger partial charge in [-0.15, -0.1) is 0 Å². The van der Waals surface area contributed by atoms with Gasteiger partial charge in [0.1, 0.15) is 5.75 Å². The number of halogens is 1. The van der Waals surface area contributed by atoms with E-state index in [1.807, 2.05) is 43.3 Å². The number of nitrogens with zero attached hydrogens (tertiary/aromatic N) is 3. The second-order valence-corrected chi connectivity index (χ2v) is 6.70. The van der Waals surface area contributed by atoms with E-state index in [-0.39, 0.29) is 11.8 Å². The molecule has 1 fully saturated rings. The third-order valence-electron chi connectivity index (χ3n) is 4.48. The summed E-state index contributed by atoms with van der Waals surface area (Å²) in [5.41, 5.74) is 1.58. The van der Waals surface area contributed by atoms with Crippen molar-refractivity contribution in [1.82, 2.24) is 10.1 Å². The second-order valence-electron chi connectivity index (χ2n) is 6.27. The molecule has 1 aliphatic rings. The molecule has 2 heterocycles. The van der Waals surface area contributed by atoms with Crippen LogP contribution in [0.4, 0.5) is 5.69 Å². The van der Waals surface area contributed by atoms with Crippen molar-refractivity contribution in [3.05, 3.63) is 59.4 Å². The lowest BCUT2D eigenvalue weighted by Gasteiger charge is -2.15. The molecule has 7 heteroatoms. The molecule has 1 aromatic heterocycles. The molecule has 0 saturated carbocycles. The maximum absolute atomic E-state index is 12.4. The first-order valence-electron chi connectivity index (χ1n) is 8.77. The van der Waals surface area contributed by atoms with Crippen molar-refractivity contribution < 1.29 is 14.1 Å². The summed E-state index contributed by atoms with van der Waals surface area (Å²) in [7, 11) is 0. The highest BCUT2D eigenvalue weighted by Crippen LogP contribution is 2.34. The van der Waals surface area contributed by atoms with Gasteiger partial charge in [0.15, 0.2) is 0 Å². The zero-order chi connectivity index (χ0) is 18.8. The molecule has 0 aliphatic carbocycles. The van der Waals surface area contributed by atoms with Gasteiger partial charge >= 0.3 is 0 Å². The van der Waals surface area contributed by atoms with Crippen molar-refractivity contribution in [2.75, 3.05) is 18.1 Å². The Morgan fingerprint density at radius 1 is 1.22 bits per heavy atom. The van der Waals surface area contributed by atoms with Gasteiger partial charge in [-0.3, -0.25) is 4.79 Å². The summed E-state index contributed by atoms with van der Waals surface area (Å²) in [6.45, 7) is 2.97. The fraction of sp³-hybridized carbons (Fsp3) is 0.250. The predicted octanol–water partition coefficient (Wildman–Crippen LogP) is 4.31. The summed E-state index contributed by atoms with van der Waals surface area (Å²) < 4.78 is 11.1. The molecule has 138 valence electrons. The minimum atomic E-state index is -0.145. The molecular formula is C20H18ClN3O3. The van der Waals surface area contributed by atoms with E-state index in [1.54, 1.807) is 17.0 Å². The average Bonchev–Trinajstić information content (AvgIpc) is 3.30. The zero-order valence-electron chi connectivity index (χ0n) is 14.8. The summed E-state index contributed by atoms with van der Waals surface area (Å²) in [6, 6.07) is 14.8. The maximum Gasteiger partial charge on any atom is 0.232 e. The maximum atomic E-state index is 12.4. The van der Waals surface area contributed by atoms with Crippen molar-refractivity contribution in [1.29, 1.82) is 0 Å². The smallest absolute Gasteiger partial charge is 0.232 e. The Morgan fingerprint density at radius 3 is 2.78 bits per heavy atom. The predicted molar refractivity (Wildman–Crippen MR) is 102 cm³/mol. The Bertz CT molecular complexity index is 955. The highest BCUT2D eigenvalue weighted by Gasteiger charge is 2.35. The lowest BCUT2D eigenvalue weighted by atomic mass is 10.1. The van der Waals surface area contributed by atoms with E-state index in [1.165, 1.54) is 0 Å². The quantitative estimate of drug-likeness (QED) is 0.656. The highest BCUT2D eigenvalue weighted by atomic mass is 35.5. The number of ether oxygens (including phenoxy) is 1. The molecule has 1 aliphatic heterocycles. The Labute approximate surface area is 161 Å². The van der Waals surface area contributed by atoms with Gasteiger partial charge < -0.3 is 14.2 Å². The van der Waals surface area contributed by atoms with E-state index in [4.69, 9.17) is 20.9 Å². The number of carbonyl (C=O) groups is 1. The summed E-state index contributed by atoms with van der Waals surface area (Å²) >= 11 is 5.93. The summed E-state index contributed by atoms with van der Waals surface area (Å²) in [5, 5.41) is 4.73. The van der Waals surface area contributed by atoms with Gasteiger partial charge in [-0.25, -0.2) is 0 Å². The number of aromatic nitrogens is 2. The van der Waals surface area contributed by atoms with Gasteiger partial charge in [-0.1, -0.05) is 28.9 Å². The van der Waals surface area contributed by atoms with Crippen LogP contribution in [0.2, 0.25) is 5.02 Å². The number of para-hydroxylation sites is 1. The van der Waals surface area contributed by atoms with E-state index < -0.39 is 0 Å². The van der Waals surface area contributed by atoms with Crippen LogP contribution in [0.15, 0.2) is 53.1 Å². The third-order valence-corrected chi connectivity index (χ3v) is 4.73. The Hall–Kier alpha value is -2.86. The van der Waals surface area contributed by atoms with Crippen LogP contribution in [0.3, 0.4) is 0 Å². The van der Waals surface area contributed by atoms with Crippen molar-refractivity contribution in [3.63, 3.8) is 0 Å². The van der Waals surface area contributed by atoms with E-state index in [0.717, 1.165) is 11.3 Å². The number of anilines is 1. The number of benzene rings is 2. The molecule has 0 bridgehead atoms. The van der Waals surface area contributed by atoms with Crippen LogP contribution in [-0.2, 0) is 4.79 Å². The summed E-state index contributed by atoms with van der Waals surface area (Å²) in [6.07, 6.45) is 0.331. The first-order chi connectivity index (χ1) is 13.2. The molecule has 2 aromatic carbocycles. The number of amides is 1. The minimum absolute atomic E-state index is 0.0248. The van der Waals surface area contributed by atoms with Gasteiger partial charge in [-0.2, -0.15) is 4.98 Å². The monoisotopic (exact) mass is 383 g/mol. The van der Waals surface area contributed by atoms with Crippen LogP contribution in [0.25, 0.3) is 11.4 Å². The number of rotatable bonds is 5. The van der Waals surface area contributed by atoms with Crippen molar-refractivity contribution >= 4 is 23.2 Å². The van der Waals surface area contributed by atoms with E-state index in [9.17, 15) is 4.79 Å². The zero-order valence-corrected chi connectivity index (χ0v) is 15.5. The van der Waals surface area contributed by atoms with Crippen molar-refractivity contribution in [2.24, 2.45) is 0 Å². The Kier molecular flexibility index (Phi) is 4.81. The molecule has 6 nitrogen and oxygen atoms in total. The highest BCUT2D eigenvalue weighted by molar-refractivity contribution is 6.30. The van der Waals surface area contributed by atoms with Gasteiger partial charge in [-0.05, 0) is 43.3 Å². The number of hydrogen-bond donors (Lipinski definition) is 0. The topological polar surface area (TPSA) is 68.5 Å². The molecule has 27 heavy (non-hydrogen) atoms. The molecular weight excluding hydrogens is 366 g/mol. The second kappa shape index (κ2) is 7.40. The standard InChI is InChI=1S/C20H18ClN3O3/c1-2-26-17-6-4-3-5-16(17)19-22-20(27-23-19)13-11-18(25)24(12-13)15-9-7-14(21)8-10-15/h3-10,13H,2,11-12H2,1H3. The normalized spacial score (nSPS) is 16.7. The van der Waals surface area contributed by atoms with Crippen LogP contribution in [0.1, 0.15) is 25.2 Å². The van der Waals surface area contributed by atoms with Crippen LogP contribution >= 0.6 is 11.6 Å². The lowest BCUT2D eigenvalue weighted by molar-refractivity contribution is -0.117. The molecule has 0 radical (unpaired) electrons. The molecule has 1 atom stereocenters. The fourth-order valence-corrected chi connectivity index (χ4v) is 3.31. The Morgan fingerprint density at radius 2 is 2.00 bits per heavy atom. The van der Waals surface area contributed by atoms with Gasteiger partial charge in [0.2, 0.25) is 17.6 Å².